The van der Waals surface area contributed by atoms with Crippen LogP contribution in [0.15, 0.2) is 77.0 Å². The number of aliphatic hydroxyl groups excluding tert-OH is 1. The van der Waals surface area contributed by atoms with Crippen LogP contribution in [0.1, 0.15) is 37.3 Å². The number of aliphatic hydroxyl groups is 1. The highest BCUT2D eigenvalue weighted by Crippen LogP contribution is 2.37. The van der Waals surface area contributed by atoms with E-state index in [4.69, 9.17) is 0 Å². The maximum absolute atomic E-state index is 13.6. The second-order valence-corrected chi connectivity index (χ2v) is 9.25. The zero-order chi connectivity index (χ0) is 24.7. The molecule has 182 valence electrons. The third-order valence-electron chi connectivity index (χ3n) is 6.93. The Balaban J connectivity index is 1.49. The molecule has 0 bridgehead atoms. The Morgan fingerprint density at radius 2 is 1.94 bits per heavy atom. The Kier molecular flexibility index (Phi) is 6.01. The fourth-order valence-electron chi connectivity index (χ4n) is 5.05. The fraction of sp³-hybridized carbons (Fsp3) is 0.333. The van der Waals surface area contributed by atoms with E-state index in [1.165, 1.54) is 12.1 Å². The van der Waals surface area contributed by atoms with Crippen LogP contribution in [0.25, 0.3) is 0 Å². The van der Waals surface area contributed by atoms with Gasteiger partial charge in [0.1, 0.15) is 11.5 Å². The van der Waals surface area contributed by atoms with Gasteiger partial charge in [-0.25, -0.2) is 4.99 Å². The number of hydrogen-bond donors (Lipinski definition) is 1. The normalized spacial score (nSPS) is 24.1. The van der Waals surface area contributed by atoms with Gasteiger partial charge in [0.2, 0.25) is 0 Å². The van der Waals surface area contributed by atoms with E-state index in [0.29, 0.717) is 30.3 Å². The number of para-hydroxylation sites is 1. The molecule has 2 atom stereocenters. The van der Waals surface area contributed by atoms with Crippen LogP contribution >= 0.6 is 0 Å². The first-order valence-electron chi connectivity index (χ1n) is 11.8. The number of fused-ring (bicyclic) bond motifs is 1. The number of alkyl halides is 3. The van der Waals surface area contributed by atoms with Gasteiger partial charge in [-0.15, -0.1) is 0 Å². The summed E-state index contributed by atoms with van der Waals surface area (Å²) in [7, 11) is 0. The summed E-state index contributed by atoms with van der Waals surface area (Å²) in [4.78, 5) is 21.9. The number of likely N-dealkylation sites (tertiary alicyclic amines) is 1. The average Bonchev–Trinajstić information content (AvgIpc) is 3.35. The van der Waals surface area contributed by atoms with Crippen LogP contribution in [-0.2, 0) is 11.0 Å². The maximum atomic E-state index is 13.6. The van der Waals surface area contributed by atoms with Crippen LogP contribution in [0.3, 0.4) is 0 Å². The molecule has 2 heterocycles. The number of halogens is 3. The van der Waals surface area contributed by atoms with Crippen LogP contribution in [-0.4, -0.2) is 46.8 Å². The van der Waals surface area contributed by atoms with E-state index in [2.05, 4.69) is 16.8 Å². The number of amides is 1. The maximum Gasteiger partial charge on any atom is 0.416 e. The molecule has 0 spiro atoms. The minimum Gasteiger partial charge on any atom is -0.508 e. The number of anilines is 1. The number of aliphatic imine (C=N–C) groups is 1. The molecule has 35 heavy (non-hydrogen) atoms. The SMILES string of the molecule is CC1CCCN1CC1=C[C@H](N2C(=O)C(=Nc3cccc(C(F)(F)F)c3)c3ccccc32)CC=C1O. The van der Waals surface area contributed by atoms with Crippen molar-refractivity contribution in [3.8, 4) is 0 Å². The van der Waals surface area contributed by atoms with Crippen molar-refractivity contribution in [1.29, 1.82) is 0 Å². The third kappa shape index (κ3) is 4.50. The molecular weight excluding hydrogens is 455 g/mol. The molecule has 0 radical (unpaired) electrons. The van der Waals surface area contributed by atoms with Gasteiger partial charge in [0.15, 0.2) is 0 Å². The molecule has 1 saturated heterocycles. The number of rotatable bonds is 4. The second-order valence-electron chi connectivity index (χ2n) is 9.25. The molecule has 1 N–H and O–H groups in total. The lowest BCUT2D eigenvalue weighted by atomic mass is 9.98. The number of carbonyl (C=O) groups is 1. The van der Waals surface area contributed by atoms with E-state index < -0.39 is 11.7 Å². The Hall–Kier alpha value is -3.39. The minimum absolute atomic E-state index is 0.0697. The molecule has 1 aliphatic carbocycles. The summed E-state index contributed by atoms with van der Waals surface area (Å²) in [5.41, 5.74) is 1.39. The standard InChI is InChI=1S/C27H26F3N3O2/c1-17-6-5-13-32(17)16-18-14-21(11-12-24(18)34)33-23-10-3-2-9-22(23)25(26(33)35)31-20-8-4-7-19(15-20)27(28,29)30/h2-4,7-10,12,14-15,17,21,34H,5-6,11,13,16H2,1H3/t17?,21-/m1/s1. The van der Waals surface area contributed by atoms with E-state index in [9.17, 15) is 23.1 Å². The van der Waals surface area contributed by atoms with Crippen molar-refractivity contribution in [2.24, 2.45) is 4.99 Å². The highest BCUT2D eigenvalue weighted by Gasteiger charge is 2.39. The first kappa shape index (κ1) is 23.4. The van der Waals surface area contributed by atoms with Crippen molar-refractivity contribution in [3.05, 3.63) is 83.1 Å². The first-order chi connectivity index (χ1) is 16.7. The molecule has 1 unspecified atom stereocenters. The third-order valence-corrected chi connectivity index (χ3v) is 6.93. The van der Waals surface area contributed by atoms with Gasteiger partial charge in [0.05, 0.1) is 23.0 Å². The van der Waals surface area contributed by atoms with Gasteiger partial charge in [-0.3, -0.25) is 14.6 Å². The Morgan fingerprint density at radius 1 is 1.14 bits per heavy atom. The molecule has 2 aromatic rings. The monoisotopic (exact) mass is 481 g/mol. The lowest BCUT2D eigenvalue weighted by Gasteiger charge is -2.30. The van der Waals surface area contributed by atoms with Crippen molar-refractivity contribution in [1.82, 2.24) is 4.90 Å². The molecule has 0 saturated carbocycles. The summed E-state index contributed by atoms with van der Waals surface area (Å²) < 4.78 is 39.5. The summed E-state index contributed by atoms with van der Waals surface area (Å²) in [6.07, 6.45) is 1.84. The van der Waals surface area contributed by atoms with Crippen molar-refractivity contribution in [3.63, 3.8) is 0 Å². The van der Waals surface area contributed by atoms with Gasteiger partial charge in [0.25, 0.3) is 5.91 Å². The van der Waals surface area contributed by atoms with Gasteiger partial charge in [0, 0.05) is 23.7 Å². The number of hydrogen-bond acceptors (Lipinski definition) is 4. The van der Waals surface area contributed by atoms with Crippen molar-refractivity contribution in [2.75, 3.05) is 18.0 Å². The van der Waals surface area contributed by atoms with Crippen molar-refractivity contribution < 1.29 is 23.1 Å². The molecule has 0 aromatic heterocycles. The van der Waals surface area contributed by atoms with Crippen LogP contribution < -0.4 is 4.90 Å². The van der Waals surface area contributed by atoms with Gasteiger partial charge >= 0.3 is 6.18 Å². The van der Waals surface area contributed by atoms with Crippen LogP contribution in [0.2, 0.25) is 0 Å². The molecule has 8 heteroatoms. The van der Waals surface area contributed by atoms with Crippen LogP contribution in [0.5, 0.6) is 0 Å². The Labute approximate surface area is 201 Å². The summed E-state index contributed by atoms with van der Waals surface area (Å²) >= 11 is 0. The molecule has 5 rings (SSSR count). The molecule has 1 fully saturated rings. The topological polar surface area (TPSA) is 56.1 Å². The molecule has 5 nitrogen and oxygen atoms in total. The highest BCUT2D eigenvalue weighted by atomic mass is 19.4. The molecule has 2 aromatic carbocycles. The van der Waals surface area contributed by atoms with Gasteiger partial charge < -0.3 is 5.11 Å². The van der Waals surface area contributed by atoms with Gasteiger partial charge in [-0.1, -0.05) is 30.3 Å². The smallest absolute Gasteiger partial charge is 0.416 e. The summed E-state index contributed by atoms with van der Waals surface area (Å²) in [6.45, 7) is 3.75. The summed E-state index contributed by atoms with van der Waals surface area (Å²) in [5.74, 6) is -0.133. The van der Waals surface area contributed by atoms with E-state index >= 15 is 0 Å². The van der Waals surface area contributed by atoms with E-state index in [-0.39, 0.29) is 29.1 Å². The largest absolute Gasteiger partial charge is 0.508 e. The van der Waals surface area contributed by atoms with Gasteiger partial charge in [-0.05, 0) is 63.1 Å². The lowest BCUT2D eigenvalue weighted by molar-refractivity contribution is -0.137. The second kappa shape index (κ2) is 9.00. The molecular formula is C27H26F3N3O2. The number of benzene rings is 2. The molecule has 3 aliphatic rings. The fourth-order valence-corrected chi connectivity index (χ4v) is 5.05. The quantitative estimate of drug-likeness (QED) is 0.601. The van der Waals surface area contributed by atoms with E-state index in [1.807, 2.05) is 18.2 Å². The number of carbonyl (C=O) groups excluding carboxylic acids is 1. The average molecular weight is 482 g/mol. The predicted octanol–water partition coefficient (Wildman–Crippen LogP) is 5.80. The van der Waals surface area contributed by atoms with E-state index in [0.717, 1.165) is 37.1 Å². The van der Waals surface area contributed by atoms with Crippen LogP contribution in [0, 0.1) is 0 Å². The summed E-state index contributed by atoms with van der Waals surface area (Å²) in [6, 6.07) is 11.9. The summed E-state index contributed by atoms with van der Waals surface area (Å²) in [5, 5.41) is 10.5. The zero-order valence-corrected chi connectivity index (χ0v) is 19.3. The lowest BCUT2D eigenvalue weighted by Crippen LogP contribution is -2.40. The Bertz CT molecular complexity index is 1250. The predicted molar refractivity (Wildman–Crippen MR) is 129 cm³/mol. The van der Waals surface area contributed by atoms with E-state index in [1.54, 1.807) is 23.1 Å². The minimum atomic E-state index is -4.50. The van der Waals surface area contributed by atoms with Crippen molar-refractivity contribution >= 4 is 23.0 Å². The molecule has 1 amide bonds. The number of nitrogens with zero attached hydrogens (tertiary/aromatic N) is 3. The van der Waals surface area contributed by atoms with Crippen molar-refractivity contribution in [2.45, 2.75) is 44.4 Å². The zero-order valence-electron chi connectivity index (χ0n) is 19.3. The first-order valence-corrected chi connectivity index (χ1v) is 11.8. The Morgan fingerprint density at radius 3 is 2.69 bits per heavy atom. The molecule has 2 aliphatic heterocycles. The van der Waals surface area contributed by atoms with Crippen LogP contribution in [0.4, 0.5) is 24.5 Å². The highest BCUT2D eigenvalue weighted by molar-refractivity contribution is 6.54. The van der Waals surface area contributed by atoms with Gasteiger partial charge in [-0.2, -0.15) is 13.2 Å².